The predicted molar refractivity (Wildman–Crippen MR) is 64.7 cm³/mol. The lowest BCUT2D eigenvalue weighted by molar-refractivity contribution is -0.237. The van der Waals surface area contributed by atoms with E-state index >= 15 is 0 Å². The van der Waals surface area contributed by atoms with Crippen molar-refractivity contribution in [2.24, 2.45) is 11.8 Å². The van der Waals surface area contributed by atoms with Crippen molar-refractivity contribution in [3.8, 4) is 0 Å². The Bertz CT molecular complexity index is 244. The molecule has 3 nitrogen and oxygen atoms in total. The van der Waals surface area contributed by atoms with Gasteiger partial charge in [-0.1, -0.05) is 13.3 Å². The molecule has 1 unspecified atom stereocenters. The maximum atomic E-state index is 6.00. The molecule has 3 fully saturated rings. The van der Waals surface area contributed by atoms with Crippen molar-refractivity contribution in [2.45, 2.75) is 57.3 Å². The van der Waals surface area contributed by atoms with Crippen molar-refractivity contribution in [1.82, 2.24) is 0 Å². The summed E-state index contributed by atoms with van der Waals surface area (Å²) in [5.41, 5.74) is 0. The fourth-order valence-electron chi connectivity index (χ4n) is 3.88. The Hall–Kier alpha value is -0.120. The van der Waals surface area contributed by atoms with Crippen molar-refractivity contribution < 1.29 is 14.2 Å². The van der Waals surface area contributed by atoms with E-state index in [0.29, 0.717) is 17.9 Å². The Kier molecular flexibility index (Phi) is 3.42. The maximum Gasteiger partial charge on any atom is 0.174 e. The molecule has 1 aliphatic heterocycles. The molecule has 0 aromatic carbocycles. The molecule has 2 bridgehead atoms. The highest BCUT2D eigenvalue weighted by Crippen LogP contribution is 2.54. The molecule has 0 radical (unpaired) electrons. The molecule has 1 saturated heterocycles. The molecular weight excluding hydrogens is 216 g/mol. The van der Waals surface area contributed by atoms with Crippen LogP contribution in [0.4, 0.5) is 0 Å². The third-order valence-corrected chi connectivity index (χ3v) is 4.69. The van der Waals surface area contributed by atoms with Gasteiger partial charge in [0.15, 0.2) is 5.79 Å². The molecule has 17 heavy (non-hydrogen) atoms. The number of ether oxygens (including phenoxy) is 3. The molecule has 0 aromatic rings. The van der Waals surface area contributed by atoms with E-state index in [-0.39, 0.29) is 5.79 Å². The maximum absolute atomic E-state index is 6.00. The largest absolute Gasteiger partial charge is 0.378 e. The smallest absolute Gasteiger partial charge is 0.174 e. The molecule has 3 atom stereocenters. The molecule has 98 valence electrons. The monoisotopic (exact) mass is 240 g/mol. The summed E-state index contributed by atoms with van der Waals surface area (Å²) < 4.78 is 17.9. The van der Waals surface area contributed by atoms with Crippen molar-refractivity contribution in [2.75, 3.05) is 19.8 Å². The fourth-order valence-corrected chi connectivity index (χ4v) is 3.88. The van der Waals surface area contributed by atoms with E-state index < -0.39 is 0 Å². The van der Waals surface area contributed by atoms with Gasteiger partial charge in [0.05, 0.1) is 19.3 Å². The van der Waals surface area contributed by atoms with Crippen LogP contribution in [0.5, 0.6) is 0 Å². The lowest BCUT2D eigenvalue weighted by Gasteiger charge is -2.41. The van der Waals surface area contributed by atoms with Crippen LogP contribution in [0.1, 0.15) is 45.4 Å². The molecule has 3 heteroatoms. The Morgan fingerprint density at radius 1 is 1.12 bits per heavy atom. The molecule has 0 aromatic heterocycles. The SMILES string of the molecule is CCCCOC1C[C@H]2CC[C@@H](C1)C21OCCO1. The Morgan fingerprint density at radius 3 is 2.35 bits per heavy atom. The average molecular weight is 240 g/mol. The fraction of sp³-hybridized carbons (Fsp3) is 1.00. The zero-order valence-electron chi connectivity index (χ0n) is 10.8. The summed E-state index contributed by atoms with van der Waals surface area (Å²) in [4.78, 5) is 0. The van der Waals surface area contributed by atoms with Crippen molar-refractivity contribution >= 4 is 0 Å². The second-order valence-electron chi connectivity index (χ2n) is 5.71. The van der Waals surface area contributed by atoms with Gasteiger partial charge in [0.1, 0.15) is 0 Å². The third kappa shape index (κ3) is 2.02. The van der Waals surface area contributed by atoms with Gasteiger partial charge in [-0.25, -0.2) is 0 Å². The van der Waals surface area contributed by atoms with Crippen LogP contribution < -0.4 is 0 Å². The van der Waals surface area contributed by atoms with E-state index in [4.69, 9.17) is 14.2 Å². The first kappa shape index (κ1) is 11.9. The molecule has 1 heterocycles. The molecule has 1 spiro atoms. The third-order valence-electron chi connectivity index (χ3n) is 4.69. The average Bonchev–Trinajstić information content (AvgIpc) is 2.86. The first-order valence-corrected chi connectivity index (χ1v) is 7.24. The molecule has 2 aliphatic carbocycles. The normalized spacial score (nSPS) is 39.0. The Balaban J connectivity index is 1.59. The van der Waals surface area contributed by atoms with Crippen LogP contribution in [0, 0.1) is 11.8 Å². The summed E-state index contributed by atoms with van der Waals surface area (Å²) in [6, 6.07) is 0. The molecule has 3 aliphatic rings. The van der Waals surface area contributed by atoms with Crippen LogP contribution in [0.2, 0.25) is 0 Å². The number of hydrogen-bond acceptors (Lipinski definition) is 3. The van der Waals surface area contributed by atoms with Crippen LogP contribution in [0.25, 0.3) is 0 Å². The molecule has 2 saturated carbocycles. The highest BCUT2D eigenvalue weighted by Gasteiger charge is 2.58. The lowest BCUT2D eigenvalue weighted by atomic mass is 9.81. The van der Waals surface area contributed by atoms with E-state index in [1.165, 1.54) is 25.7 Å². The quantitative estimate of drug-likeness (QED) is 0.707. The first-order valence-electron chi connectivity index (χ1n) is 7.24. The minimum atomic E-state index is -0.204. The van der Waals surface area contributed by atoms with Gasteiger partial charge >= 0.3 is 0 Å². The van der Waals surface area contributed by atoms with Crippen LogP contribution in [0.3, 0.4) is 0 Å². The highest BCUT2D eigenvalue weighted by atomic mass is 16.7. The summed E-state index contributed by atoms with van der Waals surface area (Å²) in [5, 5.41) is 0. The Morgan fingerprint density at radius 2 is 1.76 bits per heavy atom. The molecule has 0 N–H and O–H groups in total. The van der Waals surface area contributed by atoms with E-state index in [1.54, 1.807) is 0 Å². The summed E-state index contributed by atoms with van der Waals surface area (Å²) >= 11 is 0. The van der Waals surface area contributed by atoms with Crippen molar-refractivity contribution in [1.29, 1.82) is 0 Å². The molecule has 3 rings (SSSR count). The minimum absolute atomic E-state index is 0.204. The van der Waals surface area contributed by atoms with Crippen LogP contribution >= 0.6 is 0 Å². The summed E-state index contributed by atoms with van der Waals surface area (Å²) in [5.74, 6) is 0.954. The minimum Gasteiger partial charge on any atom is -0.378 e. The highest BCUT2D eigenvalue weighted by molar-refractivity contribution is 5.01. The molecule has 0 amide bonds. The predicted octanol–water partition coefficient (Wildman–Crippen LogP) is 2.73. The van der Waals surface area contributed by atoms with Gasteiger partial charge in [0, 0.05) is 18.4 Å². The van der Waals surface area contributed by atoms with Crippen LogP contribution in [-0.4, -0.2) is 31.7 Å². The van der Waals surface area contributed by atoms with Gasteiger partial charge < -0.3 is 14.2 Å². The van der Waals surface area contributed by atoms with Gasteiger partial charge in [-0.05, 0) is 32.1 Å². The molecular formula is C14H24O3. The Labute approximate surface area is 104 Å². The van der Waals surface area contributed by atoms with Gasteiger partial charge in [0.2, 0.25) is 0 Å². The van der Waals surface area contributed by atoms with E-state index in [9.17, 15) is 0 Å². The summed E-state index contributed by atoms with van der Waals surface area (Å²) in [6.07, 6.45) is 7.66. The van der Waals surface area contributed by atoms with Gasteiger partial charge in [-0.3, -0.25) is 0 Å². The van der Waals surface area contributed by atoms with Crippen molar-refractivity contribution in [3.63, 3.8) is 0 Å². The van der Waals surface area contributed by atoms with Crippen LogP contribution in [0.15, 0.2) is 0 Å². The number of hydrogen-bond donors (Lipinski definition) is 0. The summed E-state index contributed by atoms with van der Waals surface area (Å²) in [6.45, 7) is 4.71. The lowest BCUT2D eigenvalue weighted by Crippen LogP contribution is -2.47. The zero-order chi connectivity index (χ0) is 11.7. The summed E-state index contributed by atoms with van der Waals surface area (Å²) in [7, 11) is 0. The zero-order valence-corrected chi connectivity index (χ0v) is 10.8. The second kappa shape index (κ2) is 4.87. The van der Waals surface area contributed by atoms with Crippen LogP contribution in [-0.2, 0) is 14.2 Å². The van der Waals surface area contributed by atoms with Gasteiger partial charge in [-0.15, -0.1) is 0 Å². The number of rotatable bonds is 4. The second-order valence-corrected chi connectivity index (χ2v) is 5.71. The number of unbranched alkanes of at least 4 members (excludes halogenated alkanes) is 1. The van der Waals surface area contributed by atoms with Gasteiger partial charge in [0.25, 0.3) is 0 Å². The van der Waals surface area contributed by atoms with Crippen molar-refractivity contribution in [3.05, 3.63) is 0 Å². The van der Waals surface area contributed by atoms with E-state index in [1.807, 2.05) is 0 Å². The topological polar surface area (TPSA) is 27.7 Å². The van der Waals surface area contributed by atoms with Gasteiger partial charge in [-0.2, -0.15) is 0 Å². The standard InChI is InChI=1S/C14H24O3/c1-2-3-6-15-13-9-11-4-5-12(10-13)14(11)16-7-8-17-14/h11-13H,2-10H2,1H3/t11-,12+,13?. The van der Waals surface area contributed by atoms with E-state index in [2.05, 4.69) is 6.92 Å². The first-order chi connectivity index (χ1) is 8.35. The van der Waals surface area contributed by atoms with E-state index in [0.717, 1.165) is 32.7 Å².